The normalized spacial score (nSPS) is 9.18. The number of thioether (sulfide) groups is 1. The summed E-state index contributed by atoms with van der Waals surface area (Å²) in [6.07, 6.45) is 3.45. The third-order valence-electron chi connectivity index (χ3n) is 1.17. The second-order valence-electron chi connectivity index (χ2n) is 1.79. The smallest absolute Gasteiger partial charge is 0.116 e. The summed E-state index contributed by atoms with van der Waals surface area (Å²) in [6, 6.07) is 3.58. The van der Waals surface area contributed by atoms with Crippen LogP contribution in [0.2, 0.25) is 5.02 Å². The maximum atomic E-state index is 8.57. The summed E-state index contributed by atoms with van der Waals surface area (Å²) in [4.78, 5) is 3.99. The largest absolute Gasteiger partial charge is 0.248 e. The molecule has 11 heavy (non-hydrogen) atoms. The topological polar surface area (TPSA) is 36.7 Å². The van der Waals surface area contributed by atoms with Gasteiger partial charge in [-0.3, -0.25) is 0 Å². The molecule has 2 nitrogen and oxygen atoms in total. The molecule has 0 atom stereocenters. The summed E-state index contributed by atoms with van der Waals surface area (Å²) in [6.45, 7) is 0. The van der Waals surface area contributed by atoms with Crippen LogP contribution in [-0.2, 0) is 0 Å². The molecule has 0 aliphatic rings. The number of aromatic nitrogens is 1. The van der Waals surface area contributed by atoms with Crippen LogP contribution in [0.15, 0.2) is 17.3 Å². The van der Waals surface area contributed by atoms with Crippen LogP contribution >= 0.6 is 23.4 Å². The standard InChI is InChI=1S/C7H5ClN2S/c1-11-7-6(8)5(4-9)2-3-10-7/h2-3H,1H3. The Kier molecular flexibility index (Phi) is 2.75. The van der Waals surface area contributed by atoms with Gasteiger partial charge in [-0.05, 0) is 12.3 Å². The first kappa shape index (κ1) is 8.38. The Balaban J connectivity index is 3.23. The molecule has 0 radical (unpaired) electrons. The van der Waals surface area contributed by atoms with Crippen LogP contribution in [-0.4, -0.2) is 11.2 Å². The van der Waals surface area contributed by atoms with Gasteiger partial charge in [0.15, 0.2) is 0 Å². The third kappa shape index (κ3) is 1.65. The van der Waals surface area contributed by atoms with Crippen molar-refractivity contribution in [3.8, 4) is 6.07 Å². The van der Waals surface area contributed by atoms with E-state index in [1.165, 1.54) is 11.8 Å². The SMILES string of the molecule is CSc1nccc(C#N)c1Cl. The van der Waals surface area contributed by atoms with Crippen LogP contribution in [0.5, 0.6) is 0 Å². The van der Waals surface area contributed by atoms with Crippen molar-refractivity contribution in [3.05, 3.63) is 22.8 Å². The zero-order chi connectivity index (χ0) is 8.27. The monoisotopic (exact) mass is 184 g/mol. The van der Waals surface area contributed by atoms with E-state index in [1.807, 2.05) is 12.3 Å². The van der Waals surface area contributed by atoms with Crippen LogP contribution in [0.1, 0.15) is 5.56 Å². The Bertz CT molecular complexity index is 306. The number of pyridine rings is 1. The second-order valence-corrected chi connectivity index (χ2v) is 2.97. The van der Waals surface area contributed by atoms with Crippen molar-refractivity contribution in [2.45, 2.75) is 5.03 Å². The average molecular weight is 185 g/mol. The molecule has 4 heteroatoms. The fourth-order valence-electron chi connectivity index (χ4n) is 0.653. The van der Waals surface area contributed by atoms with Gasteiger partial charge < -0.3 is 0 Å². The Labute approximate surface area is 74.2 Å². The molecule has 0 amide bonds. The molecular formula is C7H5ClN2S. The number of halogens is 1. The van der Waals surface area contributed by atoms with E-state index < -0.39 is 0 Å². The number of nitrogens with zero attached hydrogens (tertiary/aromatic N) is 2. The van der Waals surface area contributed by atoms with Gasteiger partial charge in [0.25, 0.3) is 0 Å². The van der Waals surface area contributed by atoms with Crippen molar-refractivity contribution in [1.82, 2.24) is 4.98 Å². The van der Waals surface area contributed by atoms with Crippen molar-refractivity contribution in [2.24, 2.45) is 0 Å². The molecule has 0 aliphatic heterocycles. The van der Waals surface area contributed by atoms with Crippen molar-refractivity contribution in [3.63, 3.8) is 0 Å². The summed E-state index contributed by atoms with van der Waals surface area (Å²) in [5, 5.41) is 9.71. The Morgan fingerprint density at radius 3 is 3.00 bits per heavy atom. The van der Waals surface area contributed by atoms with E-state index in [1.54, 1.807) is 12.3 Å². The first-order chi connectivity index (χ1) is 5.29. The quantitative estimate of drug-likeness (QED) is 0.629. The molecule has 1 aromatic rings. The van der Waals surface area contributed by atoms with Crippen LogP contribution in [0.25, 0.3) is 0 Å². The van der Waals surface area contributed by atoms with E-state index >= 15 is 0 Å². The lowest BCUT2D eigenvalue weighted by Crippen LogP contribution is -1.83. The van der Waals surface area contributed by atoms with Gasteiger partial charge in [-0.2, -0.15) is 5.26 Å². The first-order valence-corrected chi connectivity index (χ1v) is 4.48. The highest BCUT2D eigenvalue weighted by molar-refractivity contribution is 7.98. The summed E-state index contributed by atoms with van der Waals surface area (Å²) < 4.78 is 0. The molecule has 0 saturated heterocycles. The molecule has 1 rings (SSSR count). The fraction of sp³-hybridized carbons (Fsp3) is 0.143. The molecule has 0 saturated carbocycles. The lowest BCUT2D eigenvalue weighted by atomic mass is 10.3. The summed E-state index contributed by atoms with van der Waals surface area (Å²) in [7, 11) is 0. The summed E-state index contributed by atoms with van der Waals surface area (Å²) in [5.74, 6) is 0. The van der Waals surface area contributed by atoms with Gasteiger partial charge >= 0.3 is 0 Å². The van der Waals surface area contributed by atoms with E-state index in [2.05, 4.69) is 4.98 Å². The van der Waals surface area contributed by atoms with E-state index in [0.717, 1.165) is 0 Å². The lowest BCUT2D eigenvalue weighted by molar-refractivity contribution is 1.13. The molecule has 0 aromatic carbocycles. The van der Waals surface area contributed by atoms with Crippen molar-refractivity contribution >= 4 is 23.4 Å². The molecule has 0 fully saturated rings. The molecule has 0 spiro atoms. The summed E-state index contributed by atoms with van der Waals surface area (Å²) >= 11 is 7.23. The van der Waals surface area contributed by atoms with Gasteiger partial charge in [0.1, 0.15) is 11.1 Å². The molecule has 56 valence electrons. The van der Waals surface area contributed by atoms with Crippen LogP contribution in [0, 0.1) is 11.3 Å². The average Bonchev–Trinajstić information content (AvgIpc) is 2.05. The van der Waals surface area contributed by atoms with E-state index in [-0.39, 0.29) is 0 Å². The Morgan fingerprint density at radius 1 is 1.73 bits per heavy atom. The van der Waals surface area contributed by atoms with E-state index in [9.17, 15) is 0 Å². The number of hydrogen-bond donors (Lipinski definition) is 0. The van der Waals surface area contributed by atoms with Gasteiger partial charge in [0.2, 0.25) is 0 Å². The second kappa shape index (κ2) is 3.61. The fourth-order valence-corrected chi connectivity index (χ4v) is 1.49. The van der Waals surface area contributed by atoms with Crippen LogP contribution in [0.4, 0.5) is 0 Å². The minimum Gasteiger partial charge on any atom is -0.248 e. The zero-order valence-electron chi connectivity index (χ0n) is 5.84. The Morgan fingerprint density at radius 2 is 2.45 bits per heavy atom. The highest BCUT2D eigenvalue weighted by atomic mass is 35.5. The maximum Gasteiger partial charge on any atom is 0.116 e. The molecule has 1 heterocycles. The van der Waals surface area contributed by atoms with Gasteiger partial charge in [-0.25, -0.2) is 4.98 Å². The lowest BCUT2D eigenvalue weighted by Gasteiger charge is -1.98. The molecule has 0 bridgehead atoms. The minimum absolute atomic E-state index is 0.447. The maximum absolute atomic E-state index is 8.57. The first-order valence-electron chi connectivity index (χ1n) is 2.88. The van der Waals surface area contributed by atoms with Crippen molar-refractivity contribution in [1.29, 1.82) is 5.26 Å². The van der Waals surface area contributed by atoms with Gasteiger partial charge in [-0.1, -0.05) is 11.6 Å². The van der Waals surface area contributed by atoms with Gasteiger partial charge in [0.05, 0.1) is 10.6 Å². The molecular weight excluding hydrogens is 180 g/mol. The number of rotatable bonds is 1. The Hall–Kier alpha value is -0.720. The molecule has 0 unspecified atom stereocenters. The van der Waals surface area contributed by atoms with Crippen LogP contribution in [0.3, 0.4) is 0 Å². The molecule has 1 aromatic heterocycles. The van der Waals surface area contributed by atoms with Crippen molar-refractivity contribution in [2.75, 3.05) is 6.26 Å². The third-order valence-corrected chi connectivity index (χ3v) is 2.36. The number of nitriles is 1. The predicted molar refractivity (Wildman–Crippen MR) is 45.7 cm³/mol. The van der Waals surface area contributed by atoms with E-state index in [0.29, 0.717) is 15.6 Å². The van der Waals surface area contributed by atoms with Gasteiger partial charge in [0, 0.05) is 6.20 Å². The summed E-state index contributed by atoms with van der Waals surface area (Å²) in [5.41, 5.74) is 0.478. The highest BCUT2D eigenvalue weighted by Gasteiger charge is 2.04. The number of hydrogen-bond acceptors (Lipinski definition) is 3. The minimum atomic E-state index is 0.447. The molecule has 0 aliphatic carbocycles. The predicted octanol–water partition coefficient (Wildman–Crippen LogP) is 2.33. The zero-order valence-corrected chi connectivity index (χ0v) is 7.41. The van der Waals surface area contributed by atoms with Gasteiger partial charge in [-0.15, -0.1) is 11.8 Å². The van der Waals surface area contributed by atoms with Crippen LogP contribution < -0.4 is 0 Å². The highest BCUT2D eigenvalue weighted by Crippen LogP contribution is 2.25. The van der Waals surface area contributed by atoms with E-state index in [4.69, 9.17) is 16.9 Å². The molecule has 0 N–H and O–H groups in total. The van der Waals surface area contributed by atoms with Crippen molar-refractivity contribution < 1.29 is 0 Å².